The molecule has 5 nitrogen and oxygen atoms in total. The van der Waals surface area contributed by atoms with Gasteiger partial charge in [0.2, 0.25) is 17.7 Å². The minimum Gasteiger partial charge on any atom is -0.421 e. The molecule has 0 aliphatic carbocycles. The average molecular weight is 339 g/mol. The van der Waals surface area contributed by atoms with E-state index >= 15 is 0 Å². The Labute approximate surface area is 144 Å². The number of carbonyl (C=O) groups excluding carboxylic acids is 1. The molecule has 2 aromatic carbocycles. The summed E-state index contributed by atoms with van der Waals surface area (Å²) in [4.78, 5) is 11.9. The van der Waals surface area contributed by atoms with Crippen LogP contribution in [0.5, 0.6) is 0 Å². The highest BCUT2D eigenvalue weighted by Gasteiger charge is 2.11. The second kappa shape index (κ2) is 7.70. The van der Waals surface area contributed by atoms with E-state index in [0.29, 0.717) is 23.8 Å². The molecule has 3 aromatic rings. The standard InChI is InChI=1S/C19H18FN3O2/c1-13-5-4-7-14(11-13)19-23-22-18(25-19)10-9-17(24)21-12-15-6-2-3-8-16(15)20/h2-8,11H,9-10,12H2,1H3,(H,21,24). The second-order valence-corrected chi connectivity index (χ2v) is 5.74. The highest BCUT2D eigenvalue weighted by molar-refractivity contribution is 5.76. The monoisotopic (exact) mass is 339 g/mol. The van der Waals surface area contributed by atoms with Gasteiger partial charge in [-0.25, -0.2) is 4.39 Å². The number of amides is 1. The summed E-state index contributed by atoms with van der Waals surface area (Å²) in [5.41, 5.74) is 2.41. The molecule has 0 bridgehead atoms. The lowest BCUT2D eigenvalue weighted by Crippen LogP contribution is -2.23. The van der Waals surface area contributed by atoms with Crippen LogP contribution >= 0.6 is 0 Å². The number of carbonyl (C=O) groups is 1. The van der Waals surface area contributed by atoms with E-state index in [1.54, 1.807) is 18.2 Å². The molecule has 1 heterocycles. The first-order chi connectivity index (χ1) is 12.1. The predicted octanol–water partition coefficient (Wildman–Crippen LogP) is 3.43. The van der Waals surface area contributed by atoms with Gasteiger partial charge in [-0.05, 0) is 25.1 Å². The van der Waals surface area contributed by atoms with Gasteiger partial charge in [0.1, 0.15) is 5.82 Å². The largest absolute Gasteiger partial charge is 0.421 e. The number of aromatic nitrogens is 2. The van der Waals surface area contributed by atoms with Gasteiger partial charge in [-0.1, -0.05) is 35.9 Å². The molecule has 1 amide bonds. The molecule has 0 spiro atoms. The fourth-order valence-corrected chi connectivity index (χ4v) is 2.39. The highest BCUT2D eigenvalue weighted by Crippen LogP contribution is 2.19. The van der Waals surface area contributed by atoms with Crippen LogP contribution in [0.4, 0.5) is 4.39 Å². The fraction of sp³-hybridized carbons (Fsp3) is 0.211. The normalized spacial score (nSPS) is 10.6. The smallest absolute Gasteiger partial charge is 0.247 e. The van der Waals surface area contributed by atoms with Gasteiger partial charge in [0.05, 0.1) is 0 Å². The van der Waals surface area contributed by atoms with Crippen LogP contribution in [0.25, 0.3) is 11.5 Å². The molecule has 0 fully saturated rings. The van der Waals surface area contributed by atoms with Crippen molar-refractivity contribution in [3.63, 3.8) is 0 Å². The SMILES string of the molecule is Cc1cccc(-c2nnc(CCC(=O)NCc3ccccc3F)o2)c1. The highest BCUT2D eigenvalue weighted by atomic mass is 19.1. The van der Waals surface area contributed by atoms with Gasteiger partial charge in [-0.3, -0.25) is 4.79 Å². The van der Waals surface area contributed by atoms with Gasteiger partial charge < -0.3 is 9.73 Å². The molecule has 0 unspecified atom stereocenters. The molecular formula is C19H18FN3O2. The Morgan fingerprint density at radius 3 is 2.80 bits per heavy atom. The van der Waals surface area contributed by atoms with Crippen LogP contribution < -0.4 is 5.32 Å². The van der Waals surface area contributed by atoms with E-state index in [0.717, 1.165) is 11.1 Å². The van der Waals surface area contributed by atoms with E-state index in [4.69, 9.17) is 4.42 Å². The molecule has 0 aliphatic rings. The minimum atomic E-state index is -0.331. The molecule has 3 rings (SSSR count). The van der Waals surface area contributed by atoms with Crippen molar-refractivity contribution in [1.29, 1.82) is 0 Å². The van der Waals surface area contributed by atoms with Crippen molar-refractivity contribution in [1.82, 2.24) is 15.5 Å². The summed E-state index contributed by atoms with van der Waals surface area (Å²) >= 11 is 0. The maximum absolute atomic E-state index is 13.5. The number of hydrogen-bond acceptors (Lipinski definition) is 4. The Morgan fingerprint density at radius 2 is 2.00 bits per heavy atom. The maximum Gasteiger partial charge on any atom is 0.247 e. The van der Waals surface area contributed by atoms with E-state index in [9.17, 15) is 9.18 Å². The van der Waals surface area contributed by atoms with E-state index < -0.39 is 0 Å². The molecule has 1 aromatic heterocycles. The van der Waals surface area contributed by atoms with E-state index in [1.807, 2.05) is 31.2 Å². The van der Waals surface area contributed by atoms with Gasteiger partial charge in [-0.2, -0.15) is 0 Å². The van der Waals surface area contributed by atoms with Gasteiger partial charge in [0, 0.05) is 30.5 Å². The number of hydrogen-bond donors (Lipinski definition) is 1. The molecule has 0 saturated heterocycles. The summed E-state index contributed by atoms with van der Waals surface area (Å²) in [6.07, 6.45) is 0.534. The van der Waals surface area contributed by atoms with Crippen molar-refractivity contribution < 1.29 is 13.6 Å². The summed E-state index contributed by atoms with van der Waals surface area (Å²) < 4.78 is 19.1. The zero-order valence-electron chi connectivity index (χ0n) is 13.8. The zero-order valence-corrected chi connectivity index (χ0v) is 13.8. The Kier molecular flexibility index (Phi) is 5.18. The Bertz CT molecular complexity index is 876. The lowest BCUT2D eigenvalue weighted by Gasteiger charge is -2.05. The summed E-state index contributed by atoms with van der Waals surface area (Å²) in [6.45, 7) is 2.14. The molecule has 25 heavy (non-hydrogen) atoms. The Balaban J connectivity index is 1.52. The first-order valence-electron chi connectivity index (χ1n) is 8.01. The number of nitrogens with zero attached hydrogens (tertiary/aromatic N) is 2. The zero-order chi connectivity index (χ0) is 17.6. The van der Waals surface area contributed by atoms with Crippen LogP contribution in [0.15, 0.2) is 52.9 Å². The fourth-order valence-electron chi connectivity index (χ4n) is 2.39. The first-order valence-corrected chi connectivity index (χ1v) is 8.01. The second-order valence-electron chi connectivity index (χ2n) is 5.74. The minimum absolute atomic E-state index is 0.157. The summed E-state index contributed by atoms with van der Waals surface area (Å²) in [5.74, 6) is 0.309. The molecule has 0 saturated carbocycles. The lowest BCUT2D eigenvalue weighted by atomic mass is 10.1. The van der Waals surface area contributed by atoms with Crippen LogP contribution in [-0.2, 0) is 17.8 Å². The third kappa shape index (κ3) is 4.50. The predicted molar refractivity (Wildman–Crippen MR) is 91.0 cm³/mol. The molecular weight excluding hydrogens is 321 g/mol. The van der Waals surface area contributed by atoms with Crippen LogP contribution in [0.3, 0.4) is 0 Å². The number of benzene rings is 2. The van der Waals surface area contributed by atoms with Gasteiger partial charge in [0.15, 0.2) is 0 Å². The van der Waals surface area contributed by atoms with Crippen molar-refractivity contribution >= 4 is 5.91 Å². The number of halogens is 1. The molecule has 0 atom stereocenters. The van der Waals surface area contributed by atoms with E-state index in [-0.39, 0.29) is 24.7 Å². The molecule has 1 N–H and O–H groups in total. The van der Waals surface area contributed by atoms with Crippen molar-refractivity contribution in [3.8, 4) is 11.5 Å². The van der Waals surface area contributed by atoms with Crippen molar-refractivity contribution in [2.45, 2.75) is 26.3 Å². The number of nitrogens with one attached hydrogen (secondary N) is 1. The maximum atomic E-state index is 13.5. The third-order valence-corrected chi connectivity index (χ3v) is 3.73. The van der Waals surface area contributed by atoms with Crippen molar-refractivity contribution in [2.75, 3.05) is 0 Å². The quantitative estimate of drug-likeness (QED) is 0.747. The molecule has 0 radical (unpaired) electrons. The summed E-state index contributed by atoms with van der Waals surface area (Å²) in [7, 11) is 0. The van der Waals surface area contributed by atoms with E-state index in [2.05, 4.69) is 15.5 Å². The molecule has 0 aliphatic heterocycles. The molecule has 6 heteroatoms. The van der Waals surface area contributed by atoms with Crippen molar-refractivity contribution in [3.05, 3.63) is 71.4 Å². The van der Waals surface area contributed by atoms with Gasteiger partial charge in [-0.15, -0.1) is 10.2 Å². The summed E-state index contributed by atoms with van der Waals surface area (Å²) in [5, 5.41) is 10.7. The van der Waals surface area contributed by atoms with Crippen molar-refractivity contribution in [2.24, 2.45) is 0 Å². The van der Waals surface area contributed by atoms with Gasteiger partial charge in [0.25, 0.3) is 0 Å². The third-order valence-electron chi connectivity index (χ3n) is 3.73. The van der Waals surface area contributed by atoms with Crippen LogP contribution in [0.1, 0.15) is 23.4 Å². The lowest BCUT2D eigenvalue weighted by molar-refractivity contribution is -0.121. The number of rotatable bonds is 6. The van der Waals surface area contributed by atoms with Crippen LogP contribution in [-0.4, -0.2) is 16.1 Å². The molecule has 128 valence electrons. The summed E-state index contributed by atoms with van der Waals surface area (Å²) in [6, 6.07) is 14.1. The van der Waals surface area contributed by atoms with Gasteiger partial charge >= 0.3 is 0 Å². The number of aryl methyl sites for hydroxylation is 2. The van der Waals surface area contributed by atoms with Crippen LogP contribution in [0.2, 0.25) is 0 Å². The van der Waals surface area contributed by atoms with Crippen LogP contribution in [0, 0.1) is 12.7 Å². The average Bonchev–Trinajstić information content (AvgIpc) is 3.08. The Hall–Kier alpha value is -3.02. The Morgan fingerprint density at radius 1 is 1.16 bits per heavy atom. The van der Waals surface area contributed by atoms with E-state index in [1.165, 1.54) is 6.07 Å². The topological polar surface area (TPSA) is 68.0 Å². The first kappa shape index (κ1) is 16.8.